The number of benzene rings is 1. The van der Waals surface area contributed by atoms with Crippen LogP contribution in [-0.4, -0.2) is 38.0 Å². The molecule has 9 nitrogen and oxygen atoms in total. The third-order valence-electron chi connectivity index (χ3n) is 4.25. The van der Waals surface area contributed by atoms with E-state index in [4.69, 9.17) is 4.74 Å². The second-order valence-corrected chi connectivity index (χ2v) is 7.31. The van der Waals surface area contributed by atoms with Gasteiger partial charge in [-0.1, -0.05) is 6.07 Å². The molecule has 2 amide bonds. The highest BCUT2D eigenvalue weighted by Gasteiger charge is 2.24. The summed E-state index contributed by atoms with van der Waals surface area (Å²) in [5.74, 6) is -1.93. The molecule has 1 aromatic carbocycles. The summed E-state index contributed by atoms with van der Waals surface area (Å²) in [5.41, 5.74) is 2.35. The monoisotopic (exact) mass is 433 g/mol. The fourth-order valence-electron chi connectivity index (χ4n) is 2.80. The van der Waals surface area contributed by atoms with Gasteiger partial charge in [-0.15, -0.1) is 0 Å². The Morgan fingerprint density at radius 2 is 2.13 bits per heavy atom. The van der Waals surface area contributed by atoms with E-state index < -0.39 is 17.8 Å². The number of nitrogens with zero attached hydrogens (tertiary/aromatic N) is 2. The van der Waals surface area contributed by atoms with Crippen molar-refractivity contribution < 1.29 is 23.8 Å². The smallest absolute Gasteiger partial charge is 0.344 e. The van der Waals surface area contributed by atoms with Crippen LogP contribution in [0.3, 0.4) is 0 Å². The molecule has 158 valence electrons. The molecule has 0 aliphatic heterocycles. The zero-order valence-electron chi connectivity index (χ0n) is 16.3. The summed E-state index contributed by atoms with van der Waals surface area (Å²) >= 11 is 0.772. The van der Waals surface area contributed by atoms with Crippen molar-refractivity contribution in [1.82, 2.24) is 19.7 Å². The number of hydrogen-bond donors (Lipinski definition) is 4. The summed E-state index contributed by atoms with van der Waals surface area (Å²) in [7, 11) is 0. The van der Waals surface area contributed by atoms with Gasteiger partial charge in [0.25, 0.3) is 0 Å². The van der Waals surface area contributed by atoms with Gasteiger partial charge in [-0.05, 0) is 42.6 Å². The molecule has 30 heavy (non-hydrogen) atoms. The Balaban J connectivity index is 1.64. The number of rotatable bonds is 8. The van der Waals surface area contributed by atoms with Crippen molar-refractivity contribution in [3.63, 3.8) is 0 Å². The molecule has 2 heterocycles. The number of amides is 2. The number of aryl methyl sites for hydroxylation is 2. The molecule has 0 unspecified atom stereocenters. The van der Waals surface area contributed by atoms with Crippen LogP contribution in [0.1, 0.15) is 32.7 Å². The molecule has 0 bridgehead atoms. The van der Waals surface area contributed by atoms with Crippen LogP contribution in [0.5, 0.6) is 5.88 Å². The van der Waals surface area contributed by atoms with Crippen molar-refractivity contribution in [2.24, 2.45) is 0 Å². The largest absolute Gasteiger partial charge is 0.477 e. The van der Waals surface area contributed by atoms with Gasteiger partial charge in [0.1, 0.15) is 17.4 Å². The first-order chi connectivity index (χ1) is 14.3. The van der Waals surface area contributed by atoms with Gasteiger partial charge in [0.05, 0.1) is 6.33 Å². The Labute approximate surface area is 175 Å². The Bertz CT molecular complexity index is 1030. The Kier molecular flexibility index (Phi) is 6.62. The molecule has 11 heteroatoms. The highest BCUT2D eigenvalue weighted by Crippen LogP contribution is 2.31. The first-order valence-corrected chi connectivity index (χ1v) is 9.76. The lowest BCUT2D eigenvalue weighted by molar-refractivity contribution is 0.0693. The Hall–Kier alpha value is -3.47. The maximum absolute atomic E-state index is 14.2. The van der Waals surface area contributed by atoms with Crippen molar-refractivity contribution in [2.45, 2.75) is 26.9 Å². The van der Waals surface area contributed by atoms with Crippen LogP contribution in [-0.2, 0) is 13.0 Å². The van der Waals surface area contributed by atoms with E-state index in [0.29, 0.717) is 24.1 Å². The topological polar surface area (TPSA) is 129 Å². The predicted molar refractivity (Wildman–Crippen MR) is 109 cm³/mol. The van der Waals surface area contributed by atoms with Gasteiger partial charge in [0.15, 0.2) is 5.56 Å². The van der Waals surface area contributed by atoms with E-state index in [9.17, 15) is 19.1 Å². The molecule has 0 spiro atoms. The first-order valence-electron chi connectivity index (χ1n) is 8.98. The minimum atomic E-state index is -1.31. The average Bonchev–Trinajstić information content (AvgIpc) is 3.31. The number of carbonyl (C=O) groups excluding carboxylic acids is 1. The number of carboxylic acids is 1. The number of urea groups is 1. The maximum Gasteiger partial charge on any atom is 0.344 e. The van der Waals surface area contributed by atoms with E-state index >= 15 is 0 Å². The summed E-state index contributed by atoms with van der Waals surface area (Å²) in [6.07, 6.45) is 3.72. The summed E-state index contributed by atoms with van der Waals surface area (Å²) in [6.45, 7) is 3.67. The Morgan fingerprint density at radius 1 is 1.33 bits per heavy atom. The number of aromatic nitrogens is 3. The molecule has 0 aliphatic carbocycles. The molecule has 2 aromatic heterocycles. The van der Waals surface area contributed by atoms with E-state index in [-0.39, 0.29) is 23.1 Å². The van der Waals surface area contributed by atoms with E-state index in [0.717, 1.165) is 22.8 Å². The van der Waals surface area contributed by atoms with Gasteiger partial charge in [-0.2, -0.15) is 4.37 Å². The van der Waals surface area contributed by atoms with Gasteiger partial charge in [-0.25, -0.2) is 19.0 Å². The standard InChI is InChI=1S/C19H20FN5O4S/c1-10-5-11(2)13(14(20)6-10)8-29-16-15(18(26)27)17(30-25-16)24-19(28)22-4-3-12-7-21-9-23-12/h5-7,9H,3-4,8H2,1-2H3,(H,21,23)(H,26,27)(H2,22,24,28). The number of aromatic carboxylic acids is 1. The van der Waals surface area contributed by atoms with Gasteiger partial charge in [-0.3, -0.25) is 5.32 Å². The van der Waals surface area contributed by atoms with Crippen LogP contribution in [0.25, 0.3) is 0 Å². The minimum Gasteiger partial charge on any atom is -0.477 e. The van der Waals surface area contributed by atoms with Crippen LogP contribution in [0.4, 0.5) is 14.2 Å². The quantitative estimate of drug-likeness (QED) is 0.432. The Morgan fingerprint density at radius 3 is 2.80 bits per heavy atom. The lowest BCUT2D eigenvalue weighted by atomic mass is 10.1. The van der Waals surface area contributed by atoms with Gasteiger partial charge in [0, 0.05) is 30.4 Å². The molecule has 0 atom stereocenters. The molecule has 0 saturated heterocycles. The lowest BCUT2D eigenvalue weighted by Crippen LogP contribution is -2.30. The molecule has 0 saturated carbocycles. The fourth-order valence-corrected chi connectivity index (χ4v) is 3.52. The number of H-pyrrole nitrogens is 1. The SMILES string of the molecule is Cc1cc(C)c(COc2nsc(NC(=O)NCCc3cnc[nH]3)c2C(=O)O)c(F)c1. The molecule has 0 radical (unpaired) electrons. The number of ether oxygens (including phenoxy) is 1. The summed E-state index contributed by atoms with van der Waals surface area (Å²) < 4.78 is 23.6. The number of aromatic amines is 1. The van der Waals surface area contributed by atoms with Crippen molar-refractivity contribution in [2.75, 3.05) is 11.9 Å². The minimum absolute atomic E-state index is 0.0256. The van der Waals surface area contributed by atoms with Crippen molar-refractivity contribution in [1.29, 1.82) is 0 Å². The normalized spacial score (nSPS) is 10.6. The summed E-state index contributed by atoms with van der Waals surface area (Å²) in [4.78, 5) is 30.5. The van der Waals surface area contributed by atoms with Crippen LogP contribution < -0.4 is 15.4 Å². The molecule has 0 aliphatic rings. The molecule has 3 rings (SSSR count). The average molecular weight is 433 g/mol. The zero-order chi connectivity index (χ0) is 21.7. The number of imidazole rings is 1. The summed E-state index contributed by atoms with van der Waals surface area (Å²) in [6, 6.07) is 2.61. The fraction of sp³-hybridized carbons (Fsp3) is 0.263. The van der Waals surface area contributed by atoms with E-state index in [1.165, 1.54) is 12.4 Å². The number of hydrogen-bond acceptors (Lipinski definition) is 6. The maximum atomic E-state index is 14.2. The zero-order valence-corrected chi connectivity index (χ0v) is 17.1. The van der Waals surface area contributed by atoms with Crippen molar-refractivity contribution in [3.8, 4) is 5.88 Å². The number of nitrogens with one attached hydrogen (secondary N) is 3. The van der Waals surface area contributed by atoms with E-state index in [1.807, 2.05) is 6.07 Å². The third kappa shape index (κ3) is 5.11. The molecule has 4 N–H and O–H groups in total. The first kappa shape index (κ1) is 21.2. The van der Waals surface area contributed by atoms with E-state index in [1.54, 1.807) is 20.0 Å². The molecule has 3 aromatic rings. The number of anilines is 1. The summed E-state index contributed by atoms with van der Waals surface area (Å²) in [5, 5.41) is 14.6. The molecular weight excluding hydrogens is 413 g/mol. The van der Waals surface area contributed by atoms with Gasteiger partial charge < -0.3 is 20.1 Å². The van der Waals surface area contributed by atoms with Gasteiger partial charge >= 0.3 is 12.0 Å². The van der Waals surface area contributed by atoms with E-state index in [2.05, 4.69) is 25.0 Å². The number of carboxylic acid groups (broad SMARTS) is 1. The number of halogens is 1. The highest BCUT2D eigenvalue weighted by molar-refractivity contribution is 7.11. The second-order valence-electron chi connectivity index (χ2n) is 6.54. The molecular formula is C19H20FN5O4S. The van der Waals surface area contributed by atoms with Crippen LogP contribution in [0, 0.1) is 19.7 Å². The lowest BCUT2D eigenvalue weighted by Gasteiger charge is -2.10. The van der Waals surface area contributed by atoms with Crippen LogP contribution in [0.15, 0.2) is 24.7 Å². The van der Waals surface area contributed by atoms with Crippen molar-refractivity contribution >= 4 is 28.5 Å². The van der Waals surface area contributed by atoms with Gasteiger partial charge in [0.2, 0.25) is 5.88 Å². The molecule has 0 fully saturated rings. The van der Waals surface area contributed by atoms with Crippen molar-refractivity contribution in [3.05, 3.63) is 58.4 Å². The number of carbonyl (C=O) groups is 2. The third-order valence-corrected chi connectivity index (χ3v) is 5.00. The highest BCUT2D eigenvalue weighted by atomic mass is 32.1. The van der Waals surface area contributed by atoms with Crippen LogP contribution >= 0.6 is 11.5 Å². The predicted octanol–water partition coefficient (Wildman–Crippen LogP) is 3.26. The van der Waals surface area contributed by atoms with Crippen LogP contribution in [0.2, 0.25) is 0 Å². The second kappa shape index (κ2) is 9.35.